The van der Waals surface area contributed by atoms with Crippen LogP contribution in [-0.4, -0.2) is 17.0 Å². The van der Waals surface area contributed by atoms with Gasteiger partial charge in [-0.15, -0.1) is 0 Å². The van der Waals surface area contributed by atoms with Gasteiger partial charge in [0.25, 0.3) is 5.91 Å². The average Bonchev–Trinajstić information content (AvgIpc) is 2.98. The lowest BCUT2D eigenvalue weighted by atomic mass is 10.0. The maximum atomic E-state index is 11.9. The van der Waals surface area contributed by atoms with Gasteiger partial charge >= 0.3 is 0 Å². The summed E-state index contributed by atoms with van der Waals surface area (Å²) < 4.78 is 4.79. The number of hydrogen-bond acceptors (Lipinski definition) is 4. The molecule has 2 rings (SSSR count). The molecule has 104 valence electrons. The third-order valence-corrected chi connectivity index (χ3v) is 3.54. The Kier molecular flexibility index (Phi) is 4.19. The van der Waals surface area contributed by atoms with E-state index in [0.29, 0.717) is 18.0 Å². The van der Waals surface area contributed by atoms with Crippen molar-refractivity contribution in [2.24, 2.45) is 11.7 Å². The lowest BCUT2D eigenvalue weighted by molar-refractivity contribution is -0.122. The van der Waals surface area contributed by atoms with Gasteiger partial charge in [-0.25, -0.2) is 0 Å². The van der Waals surface area contributed by atoms with Crippen LogP contribution in [0.1, 0.15) is 61.3 Å². The number of nitrogens with one attached hydrogen (secondary N) is 1. The topological polar surface area (TPSA) is 98.2 Å². The van der Waals surface area contributed by atoms with Crippen LogP contribution in [0.2, 0.25) is 0 Å². The molecule has 6 nitrogen and oxygen atoms in total. The molecule has 1 atom stereocenters. The minimum atomic E-state index is -0.664. The van der Waals surface area contributed by atoms with Gasteiger partial charge < -0.3 is 15.6 Å². The van der Waals surface area contributed by atoms with Crippen molar-refractivity contribution in [1.29, 1.82) is 0 Å². The van der Waals surface area contributed by atoms with E-state index < -0.39 is 5.91 Å². The summed E-state index contributed by atoms with van der Waals surface area (Å²) >= 11 is 0. The molecule has 2 amide bonds. The Labute approximate surface area is 111 Å². The molecule has 1 aromatic heterocycles. The zero-order chi connectivity index (χ0) is 13.8. The zero-order valence-electron chi connectivity index (χ0n) is 11.0. The highest BCUT2D eigenvalue weighted by Gasteiger charge is 2.21. The number of carbonyl (C=O) groups excluding carboxylic acids is 2. The van der Waals surface area contributed by atoms with Gasteiger partial charge in [0.05, 0.1) is 6.04 Å². The summed E-state index contributed by atoms with van der Waals surface area (Å²) in [6.07, 6.45) is 5.28. The Morgan fingerprint density at radius 3 is 2.79 bits per heavy atom. The van der Waals surface area contributed by atoms with Gasteiger partial charge in [-0.05, 0) is 25.7 Å². The predicted octanol–water partition coefficient (Wildman–Crippen LogP) is 1.53. The fourth-order valence-electron chi connectivity index (χ4n) is 2.46. The van der Waals surface area contributed by atoms with Crippen molar-refractivity contribution in [3.8, 4) is 0 Å². The van der Waals surface area contributed by atoms with Gasteiger partial charge in [-0.2, -0.15) is 0 Å². The smallest absolute Gasteiger partial charge is 0.287 e. The predicted molar refractivity (Wildman–Crippen MR) is 68.2 cm³/mol. The molecule has 1 heterocycles. The maximum absolute atomic E-state index is 11.9. The summed E-state index contributed by atoms with van der Waals surface area (Å²) in [7, 11) is 0. The van der Waals surface area contributed by atoms with Gasteiger partial charge in [0.15, 0.2) is 0 Å². The van der Waals surface area contributed by atoms with Crippen LogP contribution in [0.4, 0.5) is 0 Å². The van der Waals surface area contributed by atoms with Crippen LogP contribution < -0.4 is 11.1 Å². The van der Waals surface area contributed by atoms with Crippen LogP contribution >= 0.6 is 0 Å². The lowest BCUT2D eigenvalue weighted by Gasteiger charge is -2.13. The molecule has 0 spiro atoms. The number of nitrogens with zero attached hydrogens (tertiary/aromatic N) is 1. The van der Waals surface area contributed by atoms with Crippen molar-refractivity contribution in [1.82, 2.24) is 10.5 Å². The molecule has 6 heteroatoms. The molecular formula is C13H19N3O3. The number of carbonyl (C=O) groups is 2. The molecule has 3 N–H and O–H groups in total. The molecule has 19 heavy (non-hydrogen) atoms. The van der Waals surface area contributed by atoms with Gasteiger partial charge in [0.1, 0.15) is 5.69 Å². The van der Waals surface area contributed by atoms with Crippen molar-refractivity contribution < 1.29 is 14.1 Å². The Balaban J connectivity index is 1.86. The standard InChI is InChI=1S/C13H19N3O3/c1-8(10-7-11(13(14)18)19-16-10)15-12(17)6-9-4-2-3-5-9/h7-9H,2-6H2,1H3,(H2,14,18)(H,15,17). The molecule has 1 saturated carbocycles. The third kappa shape index (κ3) is 3.56. The lowest BCUT2D eigenvalue weighted by Crippen LogP contribution is -2.28. The molecule has 0 bridgehead atoms. The summed E-state index contributed by atoms with van der Waals surface area (Å²) in [4.78, 5) is 22.8. The van der Waals surface area contributed by atoms with Crippen molar-refractivity contribution in [2.45, 2.75) is 45.1 Å². The zero-order valence-corrected chi connectivity index (χ0v) is 11.0. The van der Waals surface area contributed by atoms with E-state index in [-0.39, 0.29) is 17.7 Å². The summed E-state index contributed by atoms with van der Waals surface area (Å²) in [6.45, 7) is 1.80. The second-order valence-electron chi connectivity index (χ2n) is 5.12. The van der Waals surface area contributed by atoms with E-state index >= 15 is 0 Å². The molecule has 1 aliphatic carbocycles. The molecule has 0 aliphatic heterocycles. The largest absolute Gasteiger partial charge is 0.363 e. The molecule has 1 unspecified atom stereocenters. The number of rotatable bonds is 5. The fraction of sp³-hybridized carbons (Fsp3) is 0.615. The Hall–Kier alpha value is -1.85. The molecule has 0 radical (unpaired) electrons. The first-order valence-corrected chi connectivity index (χ1v) is 6.62. The number of nitrogens with two attached hydrogens (primary N) is 1. The maximum Gasteiger partial charge on any atom is 0.287 e. The van der Waals surface area contributed by atoms with E-state index in [1.165, 1.54) is 18.9 Å². The second-order valence-corrected chi connectivity index (χ2v) is 5.12. The van der Waals surface area contributed by atoms with Gasteiger partial charge in [0, 0.05) is 12.5 Å². The highest BCUT2D eigenvalue weighted by molar-refractivity contribution is 5.89. The van der Waals surface area contributed by atoms with Crippen molar-refractivity contribution >= 4 is 11.8 Å². The van der Waals surface area contributed by atoms with Crippen LogP contribution in [0.15, 0.2) is 10.6 Å². The quantitative estimate of drug-likeness (QED) is 0.843. The number of aromatic nitrogens is 1. The van der Waals surface area contributed by atoms with E-state index in [4.69, 9.17) is 10.3 Å². The van der Waals surface area contributed by atoms with Crippen LogP contribution in [0.3, 0.4) is 0 Å². The summed E-state index contributed by atoms with van der Waals surface area (Å²) in [5, 5.41) is 6.59. The molecule has 1 aromatic rings. The average molecular weight is 265 g/mol. The number of primary amides is 1. The Morgan fingerprint density at radius 2 is 2.21 bits per heavy atom. The minimum Gasteiger partial charge on any atom is -0.363 e. The molecule has 0 saturated heterocycles. The highest BCUT2D eigenvalue weighted by atomic mass is 16.5. The third-order valence-electron chi connectivity index (χ3n) is 3.54. The highest BCUT2D eigenvalue weighted by Crippen LogP contribution is 2.27. The van der Waals surface area contributed by atoms with E-state index in [9.17, 15) is 9.59 Å². The molecule has 1 fully saturated rings. The normalized spacial score (nSPS) is 17.3. The van der Waals surface area contributed by atoms with Crippen molar-refractivity contribution in [2.75, 3.05) is 0 Å². The van der Waals surface area contributed by atoms with Crippen LogP contribution in [0.5, 0.6) is 0 Å². The fourth-order valence-corrected chi connectivity index (χ4v) is 2.46. The summed E-state index contributed by atoms with van der Waals surface area (Å²) in [5.74, 6) is -0.135. The minimum absolute atomic E-state index is 0.00638. The van der Waals surface area contributed by atoms with Gasteiger partial charge in [-0.1, -0.05) is 18.0 Å². The molecule has 0 aromatic carbocycles. The van der Waals surface area contributed by atoms with Crippen LogP contribution in [-0.2, 0) is 4.79 Å². The first kappa shape index (κ1) is 13.6. The van der Waals surface area contributed by atoms with E-state index in [1.807, 2.05) is 0 Å². The number of amides is 2. The van der Waals surface area contributed by atoms with E-state index in [0.717, 1.165) is 12.8 Å². The number of hydrogen-bond donors (Lipinski definition) is 2. The van der Waals surface area contributed by atoms with E-state index in [2.05, 4.69) is 10.5 Å². The van der Waals surface area contributed by atoms with Gasteiger partial charge in [-0.3, -0.25) is 9.59 Å². The summed E-state index contributed by atoms with van der Waals surface area (Å²) in [6, 6.07) is 1.17. The van der Waals surface area contributed by atoms with Gasteiger partial charge in [0.2, 0.25) is 11.7 Å². The van der Waals surface area contributed by atoms with Crippen molar-refractivity contribution in [3.63, 3.8) is 0 Å². The summed E-state index contributed by atoms with van der Waals surface area (Å²) in [5.41, 5.74) is 5.59. The van der Waals surface area contributed by atoms with Crippen molar-refractivity contribution in [3.05, 3.63) is 17.5 Å². The SMILES string of the molecule is CC(NC(=O)CC1CCCC1)c1cc(C(N)=O)on1. The molecule has 1 aliphatic rings. The Morgan fingerprint density at radius 1 is 1.53 bits per heavy atom. The van der Waals surface area contributed by atoms with Crippen LogP contribution in [0, 0.1) is 5.92 Å². The first-order chi connectivity index (χ1) is 9.06. The molecular weight excluding hydrogens is 246 g/mol. The van der Waals surface area contributed by atoms with E-state index in [1.54, 1.807) is 6.92 Å². The van der Waals surface area contributed by atoms with Crippen LogP contribution in [0.25, 0.3) is 0 Å². The second kappa shape index (κ2) is 5.86. The Bertz CT molecular complexity index is 463. The first-order valence-electron chi connectivity index (χ1n) is 6.62. The monoisotopic (exact) mass is 265 g/mol.